The first-order valence-corrected chi connectivity index (χ1v) is 8.14. The summed E-state index contributed by atoms with van der Waals surface area (Å²) in [6, 6.07) is 4.60. The van der Waals surface area contributed by atoms with Gasteiger partial charge in [0.2, 0.25) is 5.95 Å². The third-order valence-electron chi connectivity index (χ3n) is 4.15. The molecule has 1 fully saturated rings. The molecule has 3 rings (SSSR count). The molecule has 0 atom stereocenters. The second kappa shape index (κ2) is 5.41. The standard InChI is InChI=1S/C18H26N4/c1-12-9-10-15-16(19-12)22(14-7-6-8-14)17(21-15)20-13(2)11-18(3,4)5/h9-10,14H,2,6-8,11H2,1,3-5H3,(H,20,21). The zero-order chi connectivity index (χ0) is 15.9. The SMILES string of the molecule is C=C(CC(C)(C)C)Nc1nc2ccc(C)nc2n1C1CCC1. The average molecular weight is 298 g/mol. The van der Waals surface area contributed by atoms with Crippen LogP contribution in [0.5, 0.6) is 0 Å². The van der Waals surface area contributed by atoms with E-state index in [-0.39, 0.29) is 5.41 Å². The first-order valence-electron chi connectivity index (χ1n) is 8.14. The maximum Gasteiger partial charge on any atom is 0.209 e. The summed E-state index contributed by atoms with van der Waals surface area (Å²) < 4.78 is 2.28. The highest BCUT2D eigenvalue weighted by Crippen LogP contribution is 2.37. The zero-order valence-electron chi connectivity index (χ0n) is 14.1. The number of hydrogen-bond acceptors (Lipinski definition) is 3. The van der Waals surface area contributed by atoms with E-state index in [4.69, 9.17) is 9.97 Å². The predicted octanol–water partition coefficient (Wildman–Crippen LogP) is 4.83. The Morgan fingerprint density at radius 1 is 1.32 bits per heavy atom. The van der Waals surface area contributed by atoms with Crippen molar-refractivity contribution in [2.24, 2.45) is 5.41 Å². The minimum absolute atomic E-state index is 0.215. The fourth-order valence-corrected chi connectivity index (χ4v) is 2.99. The van der Waals surface area contributed by atoms with Crippen molar-refractivity contribution >= 4 is 17.1 Å². The molecule has 0 bridgehead atoms. The fraction of sp³-hybridized carbons (Fsp3) is 0.556. The minimum Gasteiger partial charge on any atom is -0.330 e. The number of fused-ring (bicyclic) bond motifs is 1. The van der Waals surface area contributed by atoms with Crippen LogP contribution in [0.15, 0.2) is 24.4 Å². The molecule has 0 amide bonds. The normalized spacial score (nSPS) is 15.8. The van der Waals surface area contributed by atoms with Crippen LogP contribution in [0.3, 0.4) is 0 Å². The molecule has 1 aliphatic carbocycles. The molecular weight excluding hydrogens is 272 g/mol. The molecule has 1 N–H and O–H groups in total. The Hall–Kier alpha value is -1.84. The van der Waals surface area contributed by atoms with Crippen molar-refractivity contribution in [3.63, 3.8) is 0 Å². The molecule has 0 radical (unpaired) electrons. The van der Waals surface area contributed by atoms with E-state index < -0.39 is 0 Å². The third-order valence-corrected chi connectivity index (χ3v) is 4.15. The number of aromatic nitrogens is 3. The lowest BCUT2D eigenvalue weighted by molar-refractivity contribution is 0.322. The monoisotopic (exact) mass is 298 g/mol. The molecule has 0 spiro atoms. The highest BCUT2D eigenvalue weighted by atomic mass is 15.3. The fourth-order valence-electron chi connectivity index (χ4n) is 2.99. The highest BCUT2D eigenvalue weighted by Gasteiger charge is 2.26. The van der Waals surface area contributed by atoms with E-state index in [2.05, 4.69) is 43.3 Å². The number of anilines is 1. The number of pyridine rings is 1. The van der Waals surface area contributed by atoms with Gasteiger partial charge in [-0.2, -0.15) is 0 Å². The number of nitrogens with zero attached hydrogens (tertiary/aromatic N) is 3. The minimum atomic E-state index is 0.215. The number of hydrogen-bond donors (Lipinski definition) is 1. The van der Waals surface area contributed by atoms with Gasteiger partial charge in [0, 0.05) is 17.4 Å². The molecule has 1 aliphatic rings. The van der Waals surface area contributed by atoms with Crippen molar-refractivity contribution < 1.29 is 0 Å². The van der Waals surface area contributed by atoms with Crippen LogP contribution in [0.4, 0.5) is 5.95 Å². The molecule has 0 saturated heterocycles. The summed E-state index contributed by atoms with van der Waals surface area (Å²) in [5.74, 6) is 0.895. The van der Waals surface area contributed by atoms with E-state index in [1.165, 1.54) is 19.3 Å². The quantitative estimate of drug-likeness (QED) is 0.879. The Bertz CT molecular complexity index is 702. The average Bonchev–Trinajstić information content (AvgIpc) is 2.63. The van der Waals surface area contributed by atoms with Crippen molar-refractivity contribution in [3.05, 3.63) is 30.1 Å². The zero-order valence-corrected chi connectivity index (χ0v) is 14.1. The summed E-state index contributed by atoms with van der Waals surface area (Å²) in [4.78, 5) is 9.47. The van der Waals surface area contributed by atoms with Crippen LogP contribution in [-0.2, 0) is 0 Å². The van der Waals surface area contributed by atoms with Crippen molar-refractivity contribution in [1.29, 1.82) is 0 Å². The van der Waals surface area contributed by atoms with Crippen molar-refractivity contribution in [1.82, 2.24) is 14.5 Å². The van der Waals surface area contributed by atoms with Gasteiger partial charge in [-0.1, -0.05) is 27.4 Å². The van der Waals surface area contributed by atoms with Gasteiger partial charge in [0.25, 0.3) is 0 Å². The van der Waals surface area contributed by atoms with Gasteiger partial charge in [-0.3, -0.25) is 4.57 Å². The van der Waals surface area contributed by atoms with Gasteiger partial charge in [-0.05, 0) is 50.2 Å². The molecule has 0 aromatic carbocycles. The molecule has 118 valence electrons. The molecule has 2 aromatic rings. The second-order valence-electron chi connectivity index (χ2n) is 7.65. The van der Waals surface area contributed by atoms with Crippen LogP contribution in [0.25, 0.3) is 11.2 Å². The van der Waals surface area contributed by atoms with Gasteiger partial charge in [-0.25, -0.2) is 9.97 Å². The van der Waals surface area contributed by atoms with Crippen LogP contribution in [0.2, 0.25) is 0 Å². The topological polar surface area (TPSA) is 42.7 Å². The number of allylic oxidation sites excluding steroid dienone is 1. The summed E-state index contributed by atoms with van der Waals surface area (Å²) >= 11 is 0. The lowest BCUT2D eigenvalue weighted by Gasteiger charge is -2.29. The van der Waals surface area contributed by atoms with Gasteiger partial charge in [0.05, 0.1) is 0 Å². The Balaban J connectivity index is 1.96. The Kier molecular flexibility index (Phi) is 3.71. The Morgan fingerprint density at radius 2 is 2.05 bits per heavy atom. The lowest BCUT2D eigenvalue weighted by Crippen LogP contribution is -2.20. The van der Waals surface area contributed by atoms with Crippen LogP contribution in [0.1, 0.15) is 58.2 Å². The van der Waals surface area contributed by atoms with E-state index >= 15 is 0 Å². The van der Waals surface area contributed by atoms with E-state index in [9.17, 15) is 0 Å². The summed E-state index contributed by atoms with van der Waals surface area (Å²) in [7, 11) is 0. The summed E-state index contributed by atoms with van der Waals surface area (Å²) in [6.45, 7) is 12.9. The number of nitrogens with one attached hydrogen (secondary N) is 1. The van der Waals surface area contributed by atoms with Crippen LogP contribution in [-0.4, -0.2) is 14.5 Å². The molecule has 4 heteroatoms. The van der Waals surface area contributed by atoms with Crippen molar-refractivity contribution in [2.75, 3.05) is 5.32 Å². The van der Waals surface area contributed by atoms with Gasteiger partial charge < -0.3 is 5.32 Å². The van der Waals surface area contributed by atoms with Gasteiger partial charge in [-0.15, -0.1) is 0 Å². The molecular formula is C18H26N4. The first-order chi connectivity index (χ1) is 10.3. The molecule has 2 heterocycles. The van der Waals surface area contributed by atoms with Crippen LogP contribution in [0, 0.1) is 12.3 Å². The Morgan fingerprint density at radius 3 is 2.64 bits per heavy atom. The van der Waals surface area contributed by atoms with Gasteiger partial charge >= 0.3 is 0 Å². The highest BCUT2D eigenvalue weighted by molar-refractivity contribution is 5.75. The van der Waals surface area contributed by atoms with Gasteiger partial charge in [0.1, 0.15) is 5.52 Å². The lowest BCUT2D eigenvalue weighted by atomic mass is 9.91. The maximum atomic E-state index is 4.76. The van der Waals surface area contributed by atoms with E-state index in [0.29, 0.717) is 6.04 Å². The molecule has 1 saturated carbocycles. The molecule has 0 aliphatic heterocycles. The largest absolute Gasteiger partial charge is 0.330 e. The van der Waals surface area contributed by atoms with E-state index in [1.807, 2.05) is 13.0 Å². The number of aryl methyl sites for hydroxylation is 1. The first kappa shape index (κ1) is 15.1. The smallest absolute Gasteiger partial charge is 0.209 e. The molecule has 4 nitrogen and oxygen atoms in total. The molecule has 2 aromatic heterocycles. The van der Waals surface area contributed by atoms with E-state index in [1.54, 1.807) is 0 Å². The summed E-state index contributed by atoms with van der Waals surface area (Å²) in [5.41, 5.74) is 4.22. The van der Waals surface area contributed by atoms with Gasteiger partial charge in [0.15, 0.2) is 5.65 Å². The van der Waals surface area contributed by atoms with Crippen LogP contribution < -0.4 is 5.32 Å². The second-order valence-corrected chi connectivity index (χ2v) is 7.65. The van der Waals surface area contributed by atoms with Crippen LogP contribution >= 0.6 is 0 Å². The maximum absolute atomic E-state index is 4.76. The Labute approximate surface area is 132 Å². The van der Waals surface area contributed by atoms with Crippen molar-refractivity contribution in [3.8, 4) is 0 Å². The summed E-state index contributed by atoms with van der Waals surface area (Å²) in [5, 5.41) is 3.44. The predicted molar refractivity (Wildman–Crippen MR) is 92.0 cm³/mol. The van der Waals surface area contributed by atoms with Crippen molar-refractivity contribution in [2.45, 2.75) is 59.4 Å². The number of rotatable bonds is 4. The molecule has 22 heavy (non-hydrogen) atoms. The molecule has 0 unspecified atom stereocenters. The van der Waals surface area contributed by atoms with E-state index in [0.717, 1.165) is 34.9 Å². The summed E-state index contributed by atoms with van der Waals surface area (Å²) in [6.07, 6.45) is 4.63. The third kappa shape index (κ3) is 3.01. The number of imidazole rings is 1.